The Hall–Kier alpha value is -5.90. The first-order valence-electron chi connectivity index (χ1n) is 19.7. The molecule has 1 aromatic heterocycles. The standard InChI is InChI=1S/C45H53N5O9S/c1-45(2,3)30-26-36(43(57-6)37(27-30)49-60(7,53)54)48-44(52)47-35-14-15-39(34-12-9-8-11-33(34)35)59-32-16-17-46-31(28-32)23-29-24-40(55-4)42(41(25-29)56-5)38(51)13-10-18-50-19-21-58-22-20-50/h8-9,11-12,14-17,24-28,49H,10,13,18-23H2,1-7H3,(H2,47,48,52). The van der Waals surface area contributed by atoms with Crippen molar-refractivity contribution in [1.29, 1.82) is 0 Å². The SMILES string of the molecule is COc1cc(Cc2cc(Oc3ccc(NC(=O)Nc4cc(C(C)(C)C)cc(NS(C)(=O)=O)c4OC)c4ccccc34)ccn2)cc(OC)c1C(=O)CCCN1CCOCC1. The number of aromatic nitrogens is 1. The monoisotopic (exact) mass is 839 g/mol. The van der Waals surface area contributed by atoms with E-state index in [1.165, 1.54) is 7.11 Å². The van der Waals surface area contributed by atoms with Crippen LogP contribution in [-0.4, -0.2) is 90.5 Å². The number of ether oxygens (including phenoxy) is 5. The lowest BCUT2D eigenvalue weighted by molar-refractivity contribution is 0.0371. The van der Waals surface area contributed by atoms with Crippen molar-refractivity contribution in [3.63, 3.8) is 0 Å². The molecule has 2 amide bonds. The number of carbonyl (C=O) groups excluding carboxylic acids is 2. The molecule has 1 saturated heterocycles. The number of methoxy groups -OCH3 is 3. The maximum atomic E-state index is 13.6. The van der Waals surface area contributed by atoms with Crippen molar-refractivity contribution in [2.75, 3.05) is 75.8 Å². The number of morpholine rings is 1. The van der Waals surface area contributed by atoms with Crippen molar-refractivity contribution < 1.29 is 41.7 Å². The van der Waals surface area contributed by atoms with Gasteiger partial charge in [0.1, 0.15) is 28.6 Å². The van der Waals surface area contributed by atoms with Crippen LogP contribution in [0.1, 0.15) is 60.8 Å². The molecule has 5 aromatic rings. The van der Waals surface area contributed by atoms with Crippen LogP contribution < -0.4 is 34.3 Å². The van der Waals surface area contributed by atoms with Crippen LogP contribution in [0.2, 0.25) is 0 Å². The molecule has 4 aromatic carbocycles. The second-order valence-electron chi connectivity index (χ2n) is 15.6. The van der Waals surface area contributed by atoms with Gasteiger partial charge in [0.05, 0.1) is 57.9 Å². The Kier molecular flexibility index (Phi) is 13.8. The van der Waals surface area contributed by atoms with Gasteiger partial charge in [-0.05, 0) is 72.0 Å². The second-order valence-corrected chi connectivity index (χ2v) is 17.3. The Morgan fingerprint density at radius 3 is 2.13 bits per heavy atom. The highest BCUT2D eigenvalue weighted by Crippen LogP contribution is 2.40. The fourth-order valence-electron chi connectivity index (χ4n) is 7.10. The zero-order valence-electron chi connectivity index (χ0n) is 35.1. The number of carbonyl (C=O) groups is 2. The van der Waals surface area contributed by atoms with Gasteiger partial charge in [0, 0.05) is 54.7 Å². The Morgan fingerprint density at radius 1 is 0.817 bits per heavy atom. The number of hydrogen-bond acceptors (Lipinski definition) is 11. The first-order chi connectivity index (χ1) is 28.6. The average Bonchev–Trinajstić information content (AvgIpc) is 3.21. The summed E-state index contributed by atoms with van der Waals surface area (Å²) in [7, 11) is 0.861. The third-order valence-corrected chi connectivity index (χ3v) is 10.7. The van der Waals surface area contributed by atoms with E-state index in [1.807, 2.05) is 63.2 Å². The number of rotatable bonds is 16. The third-order valence-electron chi connectivity index (χ3n) is 10.1. The van der Waals surface area contributed by atoms with E-state index < -0.39 is 16.1 Å². The predicted octanol–water partition coefficient (Wildman–Crippen LogP) is 8.25. The van der Waals surface area contributed by atoms with Gasteiger partial charge < -0.3 is 34.3 Å². The normalized spacial score (nSPS) is 13.4. The zero-order chi connectivity index (χ0) is 43.0. The summed E-state index contributed by atoms with van der Waals surface area (Å²) < 4.78 is 55.7. The van der Waals surface area contributed by atoms with Gasteiger partial charge in [-0.15, -0.1) is 0 Å². The van der Waals surface area contributed by atoms with Crippen LogP contribution in [0.5, 0.6) is 28.7 Å². The number of nitrogens with one attached hydrogen (secondary N) is 3. The molecule has 15 heteroatoms. The molecular weight excluding hydrogens is 787 g/mol. The van der Waals surface area contributed by atoms with Gasteiger partial charge >= 0.3 is 6.03 Å². The van der Waals surface area contributed by atoms with E-state index >= 15 is 0 Å². The van der Waals surface area contributed by atoms with E-state index in [0.29, 0.717) is 52.8 Å². The molecule has 0 radical (unpaired) electrons. The molecule has 1 aliphatic heterocycles. The van der Waals surface area contributed by atoms with Gasteiger partial charge in [0.2, 0.25) is 10.0 Å². The number of fused-ring (bicyclic) bond motifs is 1. The zero-order valence-corrected chi connectivity index (χ0v) is 36.0. The van der Waals surface area contributed by atoms with Crippen LogP contribution in [-0.2, 0) is 26.6 Å². The van der Waals surface area contributed by atoms with E-state index in [-0.39, 0.29) is 22.6 Å². The highest BCUT2D eigenvalue weighted by molar-refractivity contribution is 7.92. The largest absolute Gasteiger partial charge is 0.496 e. The second kappa shape index (κ2) is 19.0. The molecule has 3 N–H and O–H groups in total. The molecule has 0 unspecified atom stereocenters. The van der Waals surface area contributed by atoms with Crippen molar-refractivity contribution in [2.45, 2.75) is 45.4 Å². The van der Waals surface area contributed by atoms with Crippen LogP contribution in [0.3, 0.4) is 0 Å². The van der Waals surface area contributed by atoms with E-state index in [0.717, 1.165) is 73.1 Å². The van der Waals surface area contributed by atoms with Gasteiger partial charge in [-0.25, -0.2) is 13.2 Å². The summed E-state index contributed by atoms with van der Waals surface area (Å²) in [6, 6.07) is 21.3. The summed E-state index contributed by atoms with van der Waals surface area (Å²) in [5.74, 6) is 2.16. The number of urea groups is 1. The topological polar surface area (TPSA) is 167 Å². The Labute approximate surface area is 351 Å². The van der Waals surface area contributed by atoms with E-state index in [4.69, 9.17) is 23.7 Å². The highest BCUT2D eigenvalue weighted by Gasteiger charge is 2.24. The molecule has 14 nitrogen and oxygen atoms in total. The van der Waals surface area contributed by atoms with Crippen LogP contribution >= 0.6 is 0 Å². The number of sulfonamides is 1. The maximum absolute atomic E-state index is 13.6. The summed E-state index contributed by atoms with van der Waals surface area (Å²) >= 11 is 0. The summed E-state index contributed by atoms with van der Waals surface area (Å²) in [5, 5.41) is 7.26. The number of nitrogens with zero attached hydrogens (tertiary/aromatic N) is 2. The predicted molar refractivity (Wildman–Crippen MR) is 234 cm³/mol. The van der Waals surface area contributed by atoms with Crippen molar-refractivity contribution in [2.24, 2.45) is 0 Å². The van der Waals surface area contributed by atoms with E-state index in [9.17, 15) is 18.0 Å². The number of ketones is 1. The Balaban J connectivity index is 1.18. The molecule has 0 aliphatic carbocycles. The molecule has 0 saturated carbocycles. The lowest BCUT2D eigenvalue weighted by Crippen LogP contribution is -2.36. The number of anilines is 3. The lowest BCUT2D eigenvalue weighted by atomic mass is 9.86. The van der Waals surface area contributed by atoms with Crippen LogP contribution in [0, 0.1) is 0 Å². The molecule has 0 atom stereocenters. The maximum Gasteiger partial charge on any atom is 0.323 e. The minimum atomic E-state index is -3.65. The van der Waals surface area contributed by atoms with Crippen LogP contribution in [0.4, 0.5) is 21.9 Å². The number of hydrogen-bond donors (Lipinski definition) is 3. The fraction of sp³-hybridized carbons (Fsp3) is 0.356. The third kappa shape index (κ3) is 11.0. The van der Waals surface area contributed by atoms with Crippen LogP contribution in [0.15, 0.2) is 79.0 Å². The number of amides is 2. The summed E-state index contributed by atoms with van der Waals surface area (Å²) in [6.07, 6.45) is 4.25. The molecule has 1 fully saturated rings. The first kappa shape index (κ1) is 43.7. The van der Waals surface area contributed by atoms with Crippen molar-refractivity contribution >= 4 is 49.7 Å². The molecule has 0 spiro atoms. The summed E-state index contributed by atoms with van der Waals surface area (Å²) in [5.41, 5.74) is 3.45. The van der Waals surface area contributed by atoms with Gasteiger partial charge in [-0.1, -0.05) is 45.0 Å². The van der Waals surface area contributed by atoms with Crippen molar-refractivity contribution in [1.82, 2.24) is 9.88 Å². The number of Topliss-reactive ketones (excluding diaryl/α,β-unsaturated/α-hetero) is 1. The van der Waals surface area contributed by atoms with Gasteiger partial charge in [0.15, 0.2) is 11.5 Å². The first-order valence-corrected chi connectivity index (χ1v) is 21.6. The summed E-state index contributed by atoms with van der Waals surface area (Å²) in [6.45, 7) is 9.97. The van der Waals surface area contributed by atoms with Gasteiger partial charge in [-0.2, -0.15) is 0 Å². The molecule has 60 heavy (non-hydrogen) atoms. The van der Waals surface area contributed by atoms with Crippen LogP contribution in [0.25, 0.3) is 10.8 Å². The Morgan fingerprint density at radius 2 is 1.48 bits per heavy atom. The lowest BCUT2D eigenvalue weighted by Gasteiger charge is -2.26. The molecule has 6 rings (SSSR count). The van der Waals surface area contributed by atoms with E-state index in [1.54, 1.807) is 50.7 Å². The average molecular weight is 840 g/mol. The van der Waals surface area contributed by atoms with Gasteiger partial charge in [-0.3, -0.25) is 19.4 Å². The smallest absolute Gasteiger partial charge is 0.323 e. The number of benzene rings is 4. The van der Waals surface area contributed by atoms with E-state index in [2.05, 4.69) is 25.2 Å². The fourth-order valence-corrected chi connectivity index (χ4v) is 7.65. The highest BCUT2D eigenvalue weighted by atomic mass is 32.2. The minimum Gasteiger partial charge on any atom is -0.496 e. The molecule has 2 heterocycles. The van der Waals surface area contributed by atoms with Gasteiger partial charge in [0.25, 0.3) is 0 Å². The molecule has 0 bridgehead atoms. The molecular formula is C45H53N5O9S. The quantitative estimate of drug-likeness (QED) is 0.0819. The number of pyridine rings is 1. The van der Waals surface area contributed by atoms with Crippen molar-refractivity contribution in [3.05, 3.63) is 101 Å². The van der Waals surface area contributed by atoms with Crippen molar-refractivity contribution in [3.8, 4) is 28.7 Å². The molecule has 1 aliphatic rings. The minimum absolute atomic E-state index is 0.0321. The Bertz CT molecular complexity index is 2440. The summed E-state index contributed by atoms with van der Waals surface area (Å²) in [4.78, 5) is 33.9. The molecule has 318 valence electrons.